The van der Waals surface area contributed by atoms with Gasteiger partial charge >= 0.3 is 0 Å². The van der Waals surface area contributed by atoms with Crippen LogP contribution in [-0.2, 0) is 9.59 Å². The van der Waals surface area contributed by atoms with Crippen molar-refractivity contribution in [3.8, 4) is 11.5 Å². The average Bonchev–Trinajstić information content (AvgIpc) is 3.44. The maximum Gasteiger partial charge on any atom is 0.290 e. The van der Waals surface area contributed by atoms with Gasteiger partial charge in [-0.05, 0) is 64.8 Å². The first-order chi connectivity index (χ1) is 18.9. The van der Waals surface area contributed by atoms with Crippen LogP contribution in [0.5, 0.6) is 11.5 Å². The molecule has 1 amide bonds. The van der Waals surface area contributed by atoms with Crippen LogP contribution in [0.2, 0.25) is 0 Å². The molecular formula is C30H40N4O5. The van der Waals surface area contributed by atoms with Crippen LogP contribution in [0, 0.1) is 0 Å². The lowest BCUT2D eigenvalue weighted by Gasteiger charge is -2.35. The van der Waals surface area contributed by atoms with Crippen molar-refractivity contribution >= 4 is 39.9 Å². The summed E-state index contributed by atoms with van der Waals surface area (Å²) in [4.78, 5) is 30.5. The second-order valence-corrected chi connectivity index (χ2v) is 10.4. The largest absolute Gasteiger partial charge is 0.493 e. The maximum atomic E-state index is 12.8. The third kappa shape index (κ3) is 6.89. The molecule has 0 radical (unpaired) electrons. The zero-order valence-electron chi connectivity index (χ0n) is 23.2. The third-order valence-electron chi connectivity index (χ3n) is 7.47. The molecule has 0 aliphatic carbocycles. The first-order valence-corrected chi connectivity index (χ1v) is 13.8. The lowest BCUT2D eigenvalue weighted by molar-refractivity contribution is -0.135. The summed E-state index contributed by atoms with van der Waals surface area (Å²) in [6.07, 6.45) is 5.01. The van der Waals surface area contributed by atoms with Gasteiger partial charge in [-0.25, -0.2) is 4.98 Å². The number of nitrogens with zero attached hydrogens (tertiary/aromatic N) is 3. The molecule has 2 fully saturated rings. The van der Waals surface area contributed by atoms with Crippen molar-refractivity contribution in [1.82, 2.24) is 14.8 Å². The smallest absolute Gasteiger partial charge is 0.290 e. The van der Waals surface area contributed by atoms with Gasteiger partial charge in [0, 0.05) is 48.4 Å². The van der Waals surface area contributed by atoms with Crippen molar-refractivity contribution in [2.24, 2.45) is 0 Å². The number of ether oxygens (including phenoxy) is 2. The molecular weight excluding hydrogens is 496 g/mol. The molecule has 0 spiro atoms. The number of carbonyl (C=O) groups is 2. The lowest BCUT2D eigenvalue weighted by Crippen LogP contribution is -2.46. The second kappa shape index (κ2) is 13.5. The molecule has 1 atom stereocenters. The number of nitrogens with one attached hydrogen (secondary N) is 1. The number of methoxy groups -OCH3 is 1. The summed E-state index contributed by atoms with van der Waals surface area (Å²) in [6.45, 7) is 8.80. The number of anilines is 1. The molecule has 210 valence electrons. The highest BCUT2D eigenvalue weighted by molar-refractivity contribution is 6.08. The Morgan fingerprint density at radius 3 is 2.54 bits per heavy atom. The van der Waals surface area contributed by atoms with Gasteiger partial charge in [-0.1, -0.05) is 18.2 Å². The Bertz CT molecular complexity index is 1280. The molecule has 3 aromatic rings. The first-order valence-electron chi connectivity index (χ1n) is 13.8. The summed E-state index contributed by atoms with van der Waals surface area (Å²) < 4.78 is 11.9. The quantitative estimate of drug-likeness (QED) is 0.229. The van der Waals surface area contributed by atoms with Gasteiger partial charge in [-0.15, -0.1) is 0 Å². The van der Waals surface area contributed by atoms with E-state index in [0.717, 1.165) is 59.2 Å². The average molecular weight is 537 g/mol. The molecule has 2 saturated heterocycles. The molecule has 2 aliphatic heterocycles. The molecule has 9 nitrogen and oxygen atoms in total. The van der Waals surface area contributed by atoms with E-state index >= 15 is 0 Å². The Morgan fingerprint density at radius 2 is 1.85 bits per heavy atom. The number of likely N-dealkylation sites (tertiary alicyclic amines) is 2. The zero-order chi connectivity index (χ0) is 27.8. The summed E-state index contributed by atoms with van der Waals surface area (Å²) in [5, 5.41) is 12.6. The van der Waals surface area contributed by atoms with E-state index in [1.54, 1.807) is 7.11 Å². The first kappa shape index (κ1) is 28.4. The normalized spacial score (nSPS) is 17.8. The minimum atomic E-state index is -0.250. The van der Waals surface area contributed by atoms with Gasteiger partial charge < -0.3 is 29.7 Å². The van der Waals surface area contributed by atoms with Gasteiger partial charge in [0.1, 0.15) is 0 Å². The Labute approximate surface area is 230 Å². The molecule has 2 aliphatic rings. The van der Waals surface area contributed by atoms with Gasteiger partial charge in [0.2, 0.25) is 5.91 Å². The maximum absolute atomic E-state index is 12.8. The number of rotatable bonds is 9. The van der Waals surface area contributed by atoms with Crippen LogP contribution in [0.3, 0.4) is 0 Å². The third-order valence-corrected chi connectivity index (χ3v) is 7.47. The van der Waals surface area contributed by atoms with Gasteiger partial charge in [-0.3, -0.25) is 9.59 Å². The summed E-state index contributed by atoms with van der Waals surface area (Å²) in [6, 6.07) is 12.5. The Morgan fingerprint density at radius 1 is 1.10 bits per heavy atom. The molecule has 9 heteroatoms. The van der Waals surface area contributed by atoms with Crippen LogP contribution in [-0.4, -0.2) is 84.2 Å². The molecule has 3 heterocycles. The van der Waals surface area contributed by atoms with Gasteiger partial charge in [0.25, 0.3) is 6.47 Å². The van der Waals surface area contributed by atoms with Crippen molar-refractivity contribution in [2.45, 2.75) is 58.0 Å². The number of carboxylic acid groups (broad SMARTS) is 1. The second-order valence-electron chi connectivity index (χ2n) is 10.4. The van der Waals surface area contributed by atoms with Crippen LogP contribution in [0.15, 0.2) is 36.4 Å². The summed E-state index contributed by atoms with van der Waals surface area (Å²) >= 11 is 0. The molecule has 2 aromatic carbocycles. The van der Waals surface area contributed by atoms with E-state index in [-0.39, 0.29) is 24.5 Å². The molecule has 1 unspecified atom stereocenters. The SMILES string of the molecule is COc1cc2c(NC3CCN(C(C)C)C(=O)C3)c3ccccc3nc2cc1OCCCN1CCCC1.O=CO. The zero-order valence-corrected chi connectivity index (χ0v) is 23.2. The number of piperidine rings is 1. The number of hydrogen-bond donors (Lipinski definition) is 2. The van der Waals surface area contributed by atoms with Crippen molar-refractivity contribution in [3.05, 3.63) is 36.4 Å². The number of carbonyl (C=O) groups excluding carboxylic acids is 1. The van der Waals surface area contributed by atoms with E-state index in [4.69, 9.17) is 24.4 Å². The number of benzene rings is 2. The standard InChI is InChI=1S/C29H38N4O3.CH2O2/c1-20(2)33-15-11-21(17-28(33)34)30-29-22-9-4-5-10-24(22)31-25-19-27(26(35-3)18-23(25)29)36-16-8-14-32-12-6-7-13-32;2-1-3/h4-5,9-10,18-21H,6-8,11-17H2,1-3H3,(H,30,31);1H,(H,2,3). The summed E-state index contributed by atoms with van der Waals surface area (Å²) in [7, 11) is 1.68. The van der Waals surface area contributed by atoms with E-state index < -0.39 is 0 Å². The van der Waals surface area contributed by atoms with Crippen molar-refractivity contribution < 1.29 is 24.2 Å². The van der Waals surface area contributed by atoms with Crippen LogP contribution < -0.4 is 14.8 Å². The lowest BCUT2D eigenvalue weighted by atomic mass is 10.0. The highest BCUT2D eigenvalue weighted by atomic mass is 16.5. The highest BCUT2D eigenvalue weighted by Crippen LogP contribution is 2.39. The van der Waals surface area contributed by atoms with Crippen molar-refractivity contribution in [3.63, 3.8) is 0 Å². The van der Waals surface area contributed by atoms with E-state index in [9.17, 15) is 4.79 Å². The van der Waals surface area contributed by atoms with Crippen LogP contribution >= 0.6 is 0 Å². The number of fused-ring (bicyclic) bond motifs is 2. The van der Waals surface area contributed by atoms with E-state index in [0.29, 0.717) is 18.8 Å². The number of amides is 1. The fourth-order valence-corrected chi connectivity index (χ4v) is 5.53. The summed E-state index contributed by atoms with van der Waals surface area (Å²) in [5.41, 5.74) is 2.78. The fourth-order valence-electron chi connectivity index (χ4n) is 5.53. The van der Waals surface area contributed by atoms with Crippen molar-refractivity contribution in [1.29, 1.82) is 0 Å². The predicted molar refractivity (Wildman–Crippen MR) is 154 cm³/mol. The summed E-state index contributed by atoms with van der Waals surface area (Å²) in [5.74, 6) is 1.63. The molecule has 2 N–H and O–H groups in total. The monoisotopic (exact) mass is 536 g/mol. The number of pyridine rings is 1. The Balaban J connectivity index is 0.00000112. The topological polar surface area (TPSA) is 104 Å². The van der Waals surface area contributed by atoms with E-state index in [1.807, 2.05) is 35.2 Å². The molecule has 39 heavy (non-hydrogen) atoms. The minimum absolute atomic E-state index is 0.0778. The predicted octanol–water partition coefficient (Wildman–Crippen LogP) is 4.77. The highest BCUT2D eigenvalue weighted by Gasteiger charge is 2.28. The van der Waals surface area contributed by atoms with Crippen LogP contribution in [0.25, 0.3) is 21.8 Å². The Kier molecular flexibility index (Phi) is 9.81. The number of aromatic nitrogens is 1. The van der Waals surface area contributed by atoms with E-state index in [2.05, 4.69) is 30.1 Å². The van der Waals surface area contributed by atoms with Gasteiger partial charge in [0.15, 0.2) is 11.5 Å². The van der Waals surface area contributed by atoms with Crippen LogP contribution in [0.1, 0.15) is 46.0 Å². The number of para-hydroxylation sites is 1. The Hall–Kier alpha value is -3.59. The molecule has 5 rings (SSSR count). The molecule has 1 aromatic heterocycles. The van der Waals surface area contributed by atoms with Gasteiger partial charge in [-0.2, -0.15) is 0 Å². The van der Waals surface area contributed by atoms with Crippen LogP contribution in [0.4, 0.5) is 5.69 Å². The minimum Gasteiger partial charge on any atom is -0.493 e. The number of hydrogen-bond acceptors (Lipinski definition) is 7. The van der Waals surface area contributed by atoms with Crippen molar-refractivity contribution in [2.75, 3.05) is 45.2 Å². The van der Waals surface area contributed by atoms with Gasteiger partial charge in [0.05, 0.1) is 30.4 Å². The molecule has 0 bridgehead atoms. The fraction of sp³-hybridized carbons (Fsp3) is 0.500. The molecule has 0 saturated carbocycles. The van der Waals surface area contributed by atoms with E-state index in [1.165, 1.54) is 25.9 Å².